The molecule has 0 fully saturated rings. The fourth-order valence-corrected chi connectivity index (χ4v) is 2.53. The lowest BCUT2D eigenvalue weighted by atomic mass is 10.2. The Kier molecular flexibility index (Phi) is 4.79. The molecule has 118 valence electrons. The van der Waals surface area contributed by atoms with Crippen molar-refractivity contribution in [1.29, 1.82) is 0 Å². The summed E-state index contributed by atoms with van der Waals surface area (Å²) in [5.74, 6) is 0.0719. The van der Waals surface area contributed by atoms with Crippen molar-refractivity contribution in [3.63, 3.8) is 0 Å². The second-order valence-electron chi connectivity index (χ2n) is 5.40. The van der Waals surface area contributed by atoms with Gasteiger partial charge in [0, 0.05) is 45.2 Å². The highest BCUT2D eigenvalue weighted by atomic mass is 16.1. The van der Waals surface area contributed by atoms with Crippen LogP contribution in [0.1, 0.15) is 24.2 Å². The number of carbonyl (C=O) groups excluding carboxylic acids is 1. The molecule has 8 nitrogen and oxygen atoms in total. The maximum Gasteiger partial charge on any atom is 0.220 e. The molecule has 0 atom stereocenters. The van der Waals surface area contributed by atoms with Crippen molar-refractivity contribution in [2.24, 2.45) is 0 Å². The highest BCUT2D eigenvalue weighted by Gasteiger charge is 2.12. The molecular weight excluding hydrogens is 282 g/mol. The zero-order valence-corrected chi connectivity index (χ0v) is 12.5. The van der Waals surface area contributed by atoms with Crippen molar-refractivity contribution < 1.29 is 4.79 Å². The lowest BCUT2D eigenvalue weighted by molar-refractivity contribution is -0.121. The Labute approximate surface area is 128 Å². The molecule has 0 saturated heterocycles. The van der Waals surface area contributed by atoms with E-state index in [4.69, 9.17) is 0 Å². The fraction of sp³-hybridized carbons (Fsp3) is 0.571. The molecule has 1 amide bonds. The standard InChI is InChI=1S/C14H21N7O/c22-14(16-4-1-7-20-8-6-17-19-20)3-2-12-10-13-11-15-5-9-21(13)18-12/h6,8,10,15H,1-5,7,9,11H2,(H,16,22). The molecule has 2 aromatic rings. The summed E-state index contributed by atoms with van der Waals surface area (Å²) in [6.45, 7) is 4.15. The van der Waals surface area contributed by atoms with Crippen LogP contribution in [0.15, 0.2) is 18.5 Å². The molecule has 3 rings (SSSR count). The molecule has 1 aliphatic rings. The highest BCUT2D eigenvalue weighted by molar-refractivity contribution is 5.76. The number of hydrogen-bond donors (Lipinski definition) is 2. The van der Waals surface area contributed by atoms with E-state index in [1.165, 1.54) is 5.69 Å². The van der Waals surface area contributed by atoms with Crippen molar-refractivity contribution in [2.45, 2.75) is 38.9 Å². The first kappa shape index (κ1) is 14.7. The van der Waals surface area contributed by atoms with Gasteiger partial charge in [0.25, 0.3) is 0 Å². The van der Waals surface area contributed by atoms with Crippen molar-refractivity contribution in [2.75, 3.05) is 13.1 Å². The maximum absolute atomic E-state index is 11.8. The molecular formula is C14H21N7O. The first-order valence-electron chi connectivity index (χ1n) is 7.68. The molecule has 0 unspecified atom stereocenters. The third-order valence-corrected chi connectivity index (χ3v) is 3.69. The largest absolute Gasteiger partial charge is 0.356 e. The summed E-state index contributed by atoms with van der Waals surface area (Å²) in [6, 6.07) is 2.09. The van der Waals surface area contributed by atoms with Gasteiger partial charge in [-0.3, -0.25) is 14.2 Å². The third-order valence-electron chi connectivity index (χ3n) is 3.69. The van der Waals surface area contributed by atoms with Crippen LogP contribution in [0.25, 0.3) is 0 Å². The molecule has 1 aliphatic heterocycles. The van der Waals surface area contributed by atoms with Gasteiger partial charge in [-0.2, -0.15) is 5.10 Å². The Bertz CT molecular complexity index is 581. The number of aryl methyl sites for hydroxylation is 2. The van der Waals surface area contributed by atoms with E-state index in [1.54, 1.807) is 10.9 Å². The molecule has 0 saturated carbocycles. The summed E-state index contributed by atoms with van der Waals surface area (Å²) in [7, 11) is 0. The lowest BCUT2D eigenvalue weighted by Gasteiger charge is -2.13. The van der Waals surface area contributed by atoms with E-state index in [2.05, 4.69) is 32.1 Å². The van der Waals surface area contributed by atoms with E-state index in [-0.39, 0.29) is 5.91 Å². The smallest absolute Gasteiger partial charge is 0.220 e. The van der Waals surface area contributed by atoms with Gasteiger partial charge in [-0.15, -0.1) is 5.10 Å². The van der Waals surface area contributed by atoms with E-state index >= 15 is 0 Å². The van der Waals surface area contributed by atoms with Crippen LogP contribution in [0.5, 0.6) is 0 Å². The Morgan fingerprint density at radius 1 is 1.45 bits per heavy atom. The molecule has 8 heteroatoms. The number of rotatable bonds is 7. The van der Waals surface area contributed by atoms with Crippen molar-refractivity contribution in [1.82, 2.24) is 35.4 Å². The van der Waals surface area contributed by atoms with E-state index < -0.39 is 0 Å². The number of aromatic nitrogens is 5. The summed E-state index contributed by atoms with van der Waals surface area (Å²) >= 11 is 0. The van der Waals surface area contributed by atoms with Crippen molar-refractivity contribution >= 4 is 5.91 Å². The predicted molar refractivity (Wildman–Crippen MR) is 79.9 cm³/mol. The summed E-state index contributed by atoms with van der Waals surface area (Å²) in [4.78, 5) is 11.8. The average Bonchev–Trinajstić information content (AvgIpc) is 3.18. The van der Waals surface area contributed by atoms with Gasteiger partial charge in [-0.1, -0.05) is 5.21 Å². The summed E-state index contributed by atoms with van der Waals surface area (Å²) < 4.78 is 3.79. The normalized spacial score (nSPS) is 13.8. The minimum atomic E-state index is 0.0719. The Morgan fingerprint density at radius 3 is 3.23 bits per heavy atom. The van der Waals surface area contributed by atoms with Crippen LogP contribution in [0, 0.1) is 0 Å². The first-order chi connectivity index (χ1) is 10.8. The Hall–Kier alpha value is -2.22. The molecule has 0 aliphatic carbocycles. The first-order valence-corrected chi connectivity index (χ1v) is 7.68. The predicted octanol–water partition coefficient (Wildman–Crippen LogP) is -0.283. The van der Waals surface area contributed by atoms with Crippen LogP contribution in [-0.2, 0) is 30.8 Å². The van der Waals surface area contributed by atoms with Crippen LogP contribution in [-0.4, -0.2) is 43.8 Å². The van der Waals surface area contributed by atoms with E-state index in [1.807, 2.05) is 10.9 Å². The van der Waals surface area contributed by atoms with Crippen LogP contribution in [0.4, 0.5) is 0 Å². The maximum atomic E-state index is 11.8. The quantitative estimate of drug-likeness (QED) is 0.687. The molecule has 2 N–H and O–H groups in total. The highest BCUT2D eigenvalue weighted by Crippen LogP contribution is 2.09. The summed E-state index contributed by atoms with van der Waals surface area (Å²) in [5, 5.41) is 18.4. The summed E-state index contributed by atoms with van der Waals surface area (Å²) in [5.41, 5.74) is 2.20. The molecule has 3 heterocycles. The number of hydrogen-bond acceptors (Lipinski definition) is 5. The van der Waals surface area contributed by atoms with Gasteiger partial charge >= 0.3 is 0 Å². The van der Waals surface area contributed by atoms with Gasteiger partial charge < -0.3 is 10.6 Å². The molecule has 2 aromatic heterocycles. The van der Waals surface area contributed by atoms with Crippen molar-refractivity contribution in [3.8, 4) is 0 Å². The van der Waals surface area contributed by atoms with Gasteiger partial charge in [-0.05, 0) is 12.5 Å². The van der Waals surface area contributed by atoms with Gasteiger partial charge in [0.05, 0.1) is 24.1 Å². The Balaban J connectivity index is 1.34. The minimum absolute atomic E-state index is 0.0719. The Morgan fingerprint density at radius 2 is 2.41 bits per heavy atom. The number of carbonyl (C=O) groups is 1. The van der Waals surface area contributed by atoms with Gasteiger partial charge in [0.1, 0.15) is 0 Å². The SMILES string of the molecule is O=C(CCc1cc2n(n1)CCNC2)NCCCn1ccnn1. The van der Waals surface area contributed by atoms with E-state index in [0.717, 1.165) is 38.3 Å². The van der Waals surface area contributed by atoms with Gasteiger partial charge in [0.2, 0.25) is 5.91 Å². The minimum Gasteiger partial charge on any atom is -0.356 e. The number of amides is 1. The van der Waals surface area contributed by atoms with Crippen molar-refractivity contribution in [3.05, 3.63) is 29.8 Å². The number of fused-ring (bicyclic) bond motifs is 1. The summed E-state index contributed by atoms with van der Waals surface area (Å²) in [6.07, 6.45) is 5.48. The lowest BCUT2D eigenvalue weighted by Crippen LogP contribution is -2.28. The molecule has 0 spiro atoms. The molecule has 22 heavy (non-hydrogen) atoms. The van der Waals surface area contributed by atoms with Crippen LogP contribution in [0.3, 0.4) is 0 Å². The van der Waals surface area contributed by atoms with Crippen LogP contribution in [0.2, 0.25) is 0 Å². The fourth-order valence-electron chi connectivity index (χ4n) is 2.53. The number of nitrogens with zero attached hydrogens (tertiary/aromatic N) is 5. The zero-order chi connectivity index (χ0) is 15.2. The molecule has 0 bridgehead atoms. The van der Waals surface area contributed by atoms with E-state index in [0.29, 0.717) is 19.4 Å². The van der Waals surface area contributed by atoms with Gasteiger partial charge in [0.15, 0.2) is 0 Å². The molecule has 0 radical (unpaired) electrons. The third kappa shape index (κ3) is 3.91. The topological polar surface area (TPSA) is 89.7 Å². The number of nitrogens with one attached hydrogen (secondary N) is 2. The van der Waals surface area contributed by atoms with Crippen LogP contribution >= 0.6 is 0 Å². The monoisotopic (exact) mass is 303 g/mol. The second-order valence-corrected chi connectivity index (χ2v) is 5.40. The average molecular weight is 303 g/mol. The van der Waals surface area contributed by atoms with Crippen LogP contribution < -0.4 is 10.6 Å². The second kappa shape index (κ2) is 7.17. The van der Waals surface area contributed by atoms with E-state index in [9.17, 15) is 4.79 Å². The molecule has 0 aromatic carbocycles. The zero-order valence-electron chi connectivity index (χ0n) is 12.5. The van der Waals surface area contributed by atoms with Gasteiger partial charge in [-0.25, -0.2) is 0 Å².